The highest BCUT2D eigenvalue weighted by Gasteiger charge is 2.18. The van der Waals surface area contributed by atoms with Crippen molar-refractivity contribution < 1.29 is 22.9 Å². The summed E-state index contributed by atoms with van der Waals surface area (Å²) in [7, 11) is 0. The molecule has 2 rings (SSSR count). The fourth-order valence-electron chi connectivity index (χ4n) is 1.24. The molecule has 0 aliphatic carbocycles. The number of hydrogen-bond acceptors (Lipinski definition) is 5. The van der Waals surface area contributed by atoms with Crippen LogP contribution in [-0.2, 0) is 0 Å². The summed E-state index contributed by atoms with van der Waals surface area (Å²) >= 11 is 0. The second-order valence-electron chi connectivity index (χ2n) is 3.32. The SMILES string of the molecule is O=C(Nc1ccc(F)nc1F)c1ccc([N+](=O)[O-])o1. The fourth-order valence-corrected chi connectivity index (χ4v) is 1.24. The van der Waals surface area contributed by atoms with Crippen molar-refractivity contribution in [3.05, 3.63) is 52.0 Å². The van der Waals surface area contributed by atoms with Gasteiger partial charge in [-0.15, -0.1) is 0 Å². The maximum Gasteiger partial charge on any atom is 0.433 e. The molecule has 7 nitrogen and oxygen atoms in total. The Hall–Kier alpha value is -2.84. The molecular weight excluding hydrogens is 264 g/mol. The first-order chi connectivity index (χ1) is 8.97. The van der Waals surface area contributed by atoms with Crippen molar-refractivity contribution in [2.75, 3.05) is 5.32 Å². The minimum absolute atomic E-state index is 0.370. The van der Waals surface area contributed by atoms with E-state index in [-0.39, 0.29) is 11.4 Å². The van der Waals surface area contributed by atoms with Gasteiger partial charge in [-0.3, -0.25) is 14.9 Å². The van der Waals surface area contributed by atoms with E-state index in [1.54, 1.807) is 0 Å². The number of anilines is 1. The molecule has 0 atom stereocenters. The number of halogens is 2. The van der Waals surface area contributed by atoms with Gasteiger partial charge in [-0.25, -0.2) is 0 Å². The molecule has 0 fully saturated rings. The van der Waals surface area contributed by atoms with Gasteiger partial charge in [-0.05, 0) is 18.2 Å². The Balaban J connectivity index is 2.18. The maximum absolute atomic E-state index is 13.2. The summed E-state index contributed by atoms with van der Waals surface area (Å²) in [6, 6.07) is 3.85. The van der Waals surface area contributed by atoms with Crippen LogP contribution in [0.3, 0.4) is 0 Å². The number of nitrogens with zero attached hydrogens (tertiary/aromatic N) is 2. The highest BCUT2D eigenvalue weighted by atomic mass is 19.1. The van der Waals surface area contributed by atoms with Crippen LogP contribution in [0, 0.1) is 22.0 Å². The van der Waals surface area contributed by atoms with Crippen molar-refractivity contribution in [3.63, 3.8) is 0 Å². The summed E-state index contributed by atoms with van der Waals surface area (Å²) < 4.78 is 30.3. The molecule has 1 amide bonds. The number of rotatable bonds is 3. The zero-order valence-corrected chi connectivity index (χ0v) is 9.09. The Morgan fingerprint density at radius 2 is 2.05 bits per heavy atom. The number of hydrogen-bond donors (Lipinski definition) is 1. The summed E-state index contributed by atoms with van der Waals surface area (Å²) in [5.41, 5.74) is -0.370. The van der Waals surface area contributed by atoms with Crippen LogP contribution in [0.1, 0.15) is 10.6 Å². The Bertz CT molecular complexity index is 656. The minimum atomic E-state index is -1.21. The van der Waals surface area contributed by atoms with E-state index in [0.717, 1.165) is 24.3 Å². The summed E-state index contributed by atoms with van der Waals surface area (Å²) in [6.07, 6.45) is 0. The van der Waals surface area contributed by atoms with E-state index in [1.165, 1.54) is 0 Å². The highest BCUT2D eigenvalue weighted by Crippen LogP contribution is 2.18. The van der Waals surface area contributed by atoms with E-state index < -0.39 is 28.6 Å². The standard InChI is InChI=1S/C10H5F2N3O4/c11-7-3-1-5(9(12)14-7)13-10(16)6-2-4-8(19-6)15(17)18/h1-4H,(H,13,16). The van der Waals surface area contributed by atoms with Crippen molar-refractivity contribution in [2.45, 2.75) is 0 Å². The second kappa shape index (κ2) is 4.80. The lowest BCUT2D eigenvalue weighted by Crippen LogP contribution is -2.13. The predicted octanol–water partition coefficient (Wildman–Crippen LogP) is 2.11. The first kappa shape index (κ1) is 12.6. The number of nitrogens with one attached hydrogen (secondary N) is 1. The lowest BCUT2D eigenvalue weighted by atomic mass is 10.3. The van der Waals surface area contributed by atoms with E-state index in [1.807, 2.05) is 5.32 Å². The number of furan rings is 1. The molecule has 0 aliphatic heterocycles. The molecule has 1 N–H and O–H groups in total. The van der Waals surface area contributed by atoms with E-state index >= 15 is 0 Å². The molecule has 0 radical (unpaired) electrons. The molecule has 2 heterocycles. The third kappa shape index (κ3) is 2.70. The van der Waals surface area contributed by atoms with Gasteiger partial charge < -0.3 is 9.73 Å². The number of carbonyl (C=O) groups excluding carboxylic acids is 1. The van der Waals surface area contributed by atoms with Crippen molar-refractivity contribution in [1.82, 2.24) is 4.98 Å². The first-order valence-electron chi connectivity index (χ1n) is 4.85. The van der Waals surface area contributed by atoms with Crippen LogP contribution in [0.15, 0.2) is 28.7 Å². The molecule has 0 spiro atoms. The predicted molar refractivity (Wildman–Crippen MR) is 57.5 cm³/mol. The molecule has 0 saturated heterocycles. The van der Waals surface area contributed by atoms with E-state index in [0.29, 0.717) is 0 Å². The summed E-state index contributed by atoms with van der Waals surface area (Å²) in [6.45, 7) is 0. The van der Waals surface area contributed by atoms with Gasteiger partial charge in [-0.2, -0.15) is 13.8 Å². The molecule has 2 aromatic heterocycles. The van der Waals surface area contributed by atoms with Gasteiger partial charge in [0.05, 0.1) is 11.8 Å². The van der Waals surface area contributed by atoms with Crippen LogP contribution in [-0.4, -0.2) is 15.8 Å². The largest absolute Gasteiger partial charge is 0.433 e. The summed E-state index contributed by atoms with van der Waals surface area (Å²) in [5, 5.41) is 12.4. The van der Waals surface area contributed by atoms with E-state index in [4.69, 9.17) is 0 Å². The van der Waals surface area contributed by atoms with Crippen LogP contribution in [0.2, 0.25) is 0 Å². The topological polar surface area (TPSA) is 98.3 Å². The average molecular weight is 269 g/mol. The Kier molecular flexibility index (Phi) is 3.19. The van der Waals surface area contributed by atoms with Crippen molar-refractivity contribution >= 4 is 17.5 Å². The molecule has 0 saturated carbocycles. The van der Waals surface area contributed by atoms with Gasteiger partial charge >= 0.3 is 5.88 Å². The highest BCUT2D eigenvalue weighted by molar-refractivity contribution is 6.02. The molecule has 0 aromatic carbocycles. The van der Waals surface area contributed by atoms with Crippen LogP contribution in [0.25, 0.3) is 0 Å². The normalized spacial score (nSPS) is 10.2. The van der Waals surface area contributed by atoms with Gasteiger partial charge in [0.1, 0.15) is 4.92 Å². The number of nitro groups is 1. The lowest BCUT2D eigenvalue weighted by molar-refractivity contribution is -0.402. The first-order valence-corrected chi connectivity index (χ1v) is 4.85. The Morgan fingerprint density at radius 3 is 2.63 bits per heavy atom. The van der Waals surface area contributed by atoms with Gasteiger partial charge in [0.25, 0.3) is 5.91 Å². The van der Waals surface area contributed by atoms with Gasteiger partial charge in [-0.1, -0.05) is 0 Å². The van der Waals surface area contributed by atoms with E-state index in [9.17, 15) is 23.7 Å². The molecule has 2 aromatic rings. The molecule has 0 aliphatic rings. The molecule has 19 heavy (non-hydrogen) atoms. The summed E-state index contributed by atoms with van der Waals surface area (Å²) in [5.74, 6) is -4.17. The van der Waals surface area contributed by atoms with Gasteiger partial charge in [0.15, 0.2) is 5.76 Å². The van der Waals surface area contributed by atoms with Crippen LogP contribution in [0.4, 0.5) is 20.4 Å². The number of aromatic nitrogens is 1. The average Bonchev–Trinajstić information content (AvgIpc) is 2.82. The lowest BCUT2D eigenvalue weighted by Gasteiger charge is -2.03. The van der Waals surface area contributed by atoms with Crippen LogP contribution < -0.4 is 5.32 Å². The number of carbonyl (C=O) groups is 1. The van der Waals surface area contributed by atoms with Crippen molar-refractivity contribution in [3.8, 4) is 0 Å². The third-order valence-electron chi connectivity index (χ3n) is 2.06. The minimum Gasteiger partial charge on any atom is -0.395 e. The zero-order valence-electron chi connectivity index (χ0n) is 9.09. The van der Waals surface area contributed by atoms with Crippen molar-refractivity contribution in [1.29, 1.82) is 0 Å². The van der Waals surface area contributed by atoms with E-state index in [2.05, 4.69) is 9.40 Å². The van der Waals surface area contributed by atoms with Gasteiger partial charge in [0, 0.05) is 0 Å². The third-order valence-corrected chi connectivity index (χ3v) is 2.06. The molecule has 0 unspecified atom stereocenters. The number of pyridine rings is 1. The van der Waals surface area contributed by atoms with Crippen LogP contribution >= 0.6 is 0 Å². The van der Waals surface area contributed by atoms with Crippen molar-refractivity contribution in [2.24, 2.45) is 0 Å². The molecular formula is C10H5F2N3O4. The maximum atomic E-state index is 13.2. The Labute approximate surface area is 104 Å². The Morgan fingerprint density at radius 1 is 1.32 bits per heavy atom. The molecule has 0 bridgehead atoms. The van der Waals surface area contributed by atoms with Gasteiger partial charge in [0.2, 0.25) is 11.9 Å². The fraction of sp³-hybridized carbons (Fsp3) is 0. The monoisotopic (exact) mass is 269 g/mol. The quantitative estimate of drug-likeness (QED) is 0.522. The summed E-state index contributed by atoms with van der Waals surface area (Å²) in [4.78, 5) is 24.0. The number of amides is 1. The molecule has 9 heteroatoms. The van der Waals surface area contributed by atoms with Crippen LogP contribution in [0.5, 0.6) is 0 Å². The second-order valence-corrected chi connectivity index (χ2v) is 3.32. The zero-order chi connectivity index (χ0) is 14.0. The molecule has 98 valence electrons. The smallest absolute Gasteiger partial charge is 0.395 e.